The summed E-state index contributed by atoms with van der Waals surface area (Å²) in [6.07, 6.45) is 1.89. The van der Waals surface area contributed by atoms with Crippen LogP contribution in [0.3, 0.4) is 0 Å². The van der Waals surface area contributed by atoms with E-state index in [1.54, 1.807) is 11.3 Å². The molecule has 0 radical (unpaired) electrons. The largest absolute Gasteiger partial charge is 0.378 e. The van der Waals surface area contributed by atoms with Crippen LogP contribution >= 0.6 is 11.3 Å². The number of hydrogen-bond donors (Lipinski definition) is 2. The summed E-state index contributed by atoms with van der Waals surface area (Å²) in [4.78, 5) is 8.96. The maximum absolute atomic E-state index is 5.42. The molecule has 2 aromatic heterocycles. The highest BCUT2D eigenvalue weighted by atomic mass is 32.1. The van der Waals surface area contributed by atoms with Crippen LogP contribution < -0.4 is 5.32 Å². The minimum Gasteiger partial charge on any atom is -0.378 e. The highest BCUT2D eigenvalue weighted by Gasteiger charge is 2.18. The first-order valence-corrected chi connectivity index (χ1v) is 6.21. The molecule has 0 spiro atoms. The maximum atomic E-state index is 5.42. The molecule has 0 saturated carbocycles. The first-order valence-electron chi connectivity index (χ1n) is 5.33. The second kappa shape index (κ2) is 4.37. The third kappa shape index (κ3) is 1.89. The van der Waals surface area contributed by atoms with Gasteiger partial charge in [0.1, 0.15) is 5.82 Å². The molecule has 84 valence electrons. The first kappa shape index (κ1) is 10.0. The normalized spacial score (nSPS) is 21.1. The predicted molar refractivity (Wildman–Crippen MR) is 63.5 cm³/mol. The molecule has 4 nitrogen and oxygen atoms in total. The summed E-state index contributed by atoms with van der Waals surface area (Å²) in [5.41, 5.74) is 1.08. The summed E-state index contributed by atoms with van der Waals surface area (Å²) in [6, 6.07) is 4.33. The molecule has 2 N–H and O–H groups in total. The van der Waals surface area contributed by atoms with Crippen molar-refractivity contribution in [2.45, 2.75) is 6.04 Å². The Bertz CT molecular complexity index is 446. The summed E-state index contributed by atoms with van der Waals surface area (Å²) < 4.78 is 5.42. The quantitative estimate of drug-likeness (QED) is 0.834. The van der Waals surface area contributed by atoms with Crippen LogP contribution in [0.25, 0.3) is 10.6 Å². The number of thiophene rings is 1. The van der Waals surface area contributed by atoms with E-state index in [-0.39, 0.29) is 6.04 Å². The Labute approximate surface area is 97.7 Å². The van der Waals surface area contributed by atoms with E-state index in [0.717, 1.165) is 24.7 Å². The van der Waals surface area contributed by atoms with Crippen molar-refractivity contribution < 1.29 is 4.74 Å². The highest BCUT2D eigenvalue weighted by molar-refractivity contribution is 7.13. The number of ether oxygens (including phenoxy) is 1. The van der Waals surface area contributed by atoms with Gasteiger partial charge in [-0.25, -0.2) is 4.98 Å². The van der Waals surface area contributed by atoms with Gasteiger partial charge in [-0.2, -0.15) is 0 Å². The topological polar surface area (TPSA) is 49.9 Å². The van der Waals surface area contributed by atoms with Crippen molar-refractivity contribution in [3.05, 3.63) is 29.5 Å². The third-order valence-corrected chi connectivity index (χ3v) is 3.54. The molecule has 1 saturated heterocycles. The Balaban J connectivity index is 1.82. The zero-order valence-corrected chi connectivity index (χ0v) is 9.59. The molecule has 0 aliphatic carbocycles. The molecular weight excluding hydrogens is 222 g/mol. The van der Waals surface area contributed by atoms with Crippen LogP contribution in [0, 0.1) is 0 Å². The van der Waals surface area contributed by atoms with Crippen molar-refractivity contribution in [3.8, 4) is 10.6 Å². The van der Waals surface area contributed by atoms with E-state index in [4.69, 9.17) is 4.74 Å². The molecule has 3 rings (SSSR count). The van der Waals surface area contributed by atoms with Crippen LogP contribution in [0.5, 0.6) is 0 Å². The fraction of sp³-hybridized carbons (Fsp3) is 0.364. The lowest BCUT2D eigenvalue weighted by atomic mass is 10.2. The van der Waals surface area contributed by atoms with Gasteiger partial charge in [0, 0.05) is 6.54 Å². The molecule has 1 atom stereocenters. The lowest BCUT2D eigenvalue weighted by Crippen LogP contribution is -2.35. The van der Waals surface area contributed by atoms with E-state index >= 15 is 0 Å². The predicted octanol–water partition coefficient (Wildman–Crippen LogP) is 1.80. The Morgan fingerprint density at radius 3 is 3.25 bits per heavy atom. The SMILES string of the molecule is c1csc(-c2cnc(C3COCCN3)[nH]2)c1. The molecule has 0 amide bonds. The fourth-order valence-electron chi connectivity index (χ4n) is 1.81. The highest BCUT2D eigenvalue weighted by Crippen LogP contribution is 2.24. The number of nitrogens with one attached hydrogen (secondary N) is 2. The molecule has 1 unspecified atom stereocenters. The van der Waals surface area contributed by atoms with Crippen LogP contribution in [0.15, 0.2) is 23.7 Å². The summed E-state index contributed by atoms with van der Waals surface area (Å²) >= 11 is 1.71. The number of imidazole rings is 1. The van der Waals surface area contributed by atoms with E-state index in [1.807, 2.05) is 12.3 Å². The van der Waals surface area contributed by atoms with Crippen molar-refractivity contribution >= 4 is 11.3 Å². The number of morpholine rings is 1. The number of aromatic amines is 1. The molecule has 0 bridgehead atoms. The van der Waals surface area contributed by atoms with Crippen LogP contribution in [-0.4, -0.2) is 29.7 Å². The Kier molecular flexibility index (Phi) is 2.73. The van der Waals surface area contributed by atoms with Gasteiger partial charge in [0.2, 0.25) is 0 Å². The molecule has 5 heteroatoms. The zero-order valence-electron chi connectivity index (χ0n) is 8.77. The second-order valence-corrected chi connectivity index (χ2v) is 4.69. The van der Waals surface area contributed by atoms with Crippen LogP contribution in [0.4, 0.5) is 0 Å². The van der Waals surface area contributed by atoms with Gasteiger partial charge in [0.25, 0.3) is 0 Å². The van der Waals surface area contributed by atoms with Crippen LogP contribution in [0.1, 0.15) is 11.9 Å². The second-order valence-electron chi connectivity index (χ2n) is 3.74. The van der Waals surface area contributed by atoms with E-state index in [1.165, 1.54) is 4.88 Å². The summed E-state index contributed by atoms with van der Waals surface area (Å²) in [5, 5.41) is 5.45. The smallest absolute Gasteiger partial charge is 0.126 e. The molecule has 2 aromatic rings. The van der Waals surface area contributed by atoms with Crippen molar-refractivity contribution in [2.24, 2.45) is 0 Å². The Morgan fingerprint density at radius 2 is 2.50 bits per heavy atom. The number of aromatic nitrogens is 2. The standard InChI is InChI=1S/C11H13N3OS/c1-2-10(16-5-1)8-6-13-11(14-8)9-7-15-4-3-12-9/h1-2,5-6,9,12H,3-4,7H2,(H,13,14). The third-order valence-electron chi connectivity index (χ3n) is 2.63. The fourth-order valence-corrected chi connectivity index (χ4v) is 2.50. The lowest BCUT2D eigenvalue weighted by Gasteiger charge is -2.21. The summed E-state index contributed by atoms with van der Waals surface area (Å²) in [5.74, 6) is 0.961. The number of nitrogens with zero attached hydrogens (tertiary/aromatic N) is 1. The van der Waals surface area contributed by atoms with Gasteiger partial charge in [-0.1, -0.05) is 6.07 Å². The molecule has 3 heterocycles. The lowest BCUT2D eigenvalue weighted by molar-refractivity contribution is 0.0745. The van der Waals surface area contributed by atoms with Crippen LogP contribution in [-0.2, 0) is 4.74 Å². The molecular formula is C11H13N3OS. The summed E-state index contributed by atoms with van der Waals surface area (Å²) in [7, 11) is 0. The van der Waals surface area contributed by atoms with Gasteiger partial charge in [0.15, 0.2) is 0 Å². The van der Waals surface area contributed by atoms with Gasteiger partial charge in [-0.05, 0) is 11.4 Å². The summed E-state index contributed by atoms with van der Waals surface area (Å²) in [6.45, 7) is 2.37. The van der Waals surface area contributed by atoms with Crippen molar-refractivity contribution in [3.63, 3.8) is 0 Å². The first-order chi connectivity index (χ1) is 7.93. The van der Waals surface area contributed by atoms with Crippen molar-refractivity contribution in [1.82, 2.24) is 15.3 Å². The Morgan fingerprint density at radius 1 is 1.50 bits per heavy atom. The van der Waals surface area contributed by atoms with Crippen LogP contribution in [0.2, 0.25) is 0 Å². The van der Waals surface area contributed by atoms with E-state index < -0.39 is 0 Å². The molecule has 1 aliphatic heterocycles. The average molecular weight is 235 g/mol. The monoisotopic (exact) mass is 235 g/mol. The molecule has 0 aromatic carbocycles. The maximum Gasteiger partial charge on any atom is 0.126 e. The van der Waals surface area contributed by atoms with E-state index in [9.17, 15) is 0 Å². The molecule has 16 heavy (non-hydrogen) atoms. The van der Waals surface area contributed by atoms with E-state index in [2.05, 4.69) is 26.7 Å². The van der Waals surface area contributed by atoms with Gasteiger partial charge < -0.3 is 15.0 Å². The minimum atomic E-state index is 0.197. The number of hydrogen-bond acceptors (Lipinski definition) is 4. The van der Waals surface area contributed by atoms with Gasteiger partial charge in [0.05, 0.1) is 36.0 Å². The average Bonchev–Trinajstić information content (AvgIpc) is 3.01. The van der Waals surface area contributed by atoms with Gasteiger partial charge in [-0.3, -0.25) is 0 Å². The van der Waals surface area contributed by atoms with E-state index in [0.29, 0.717) is 6.61 Å². The van der Waals surface area contributed by atoms with Crippen molar-refractivity contribution in [1.29, 1.82) is 0 Å². The zero-order chi connectivity index (χ0) is 10.8. The minimum absolute atomic E-state index is 0.197. The Hall–Kier alpha value is -1.17. The van der Waals surface area contributed by atoms with Gasteiger partial charge >= 0.3 is 0 Å². The van der Waals surface area contributed by atoms with Crippen molar-refractivity contribution in [2.75, 3.05) is 19.8 Å². The number of H-pyrrole nitrogens is 1. The molecule has 1 fully saturated rings. The number of rotatable bonds is 2. The van der Waals surface area contributed by atoms with Gasteiger partial charge in [-0.15, -0.1) is 11.3 Å². The molecule has 1 aliphatic rings.